The highest BCUT2D eigenvalue weighted by Gasteiger charge is 2.10. The monoisotopic (exact) mass is 276 g/mol. The topological polar surface area (TPSA) is 37.3 Å². The predicted octanol–water partition coefficient (Wildman–Crippen LogP) is 3.81. The quantitative estimate of drug-likeness (QED) is 0.906. The lowest BCUT2D eigenvalue weighted by Crippen LogP contribution is -1.98. The lowest BCUT2D eigenvalue weighted by Gasteiger charge is -2.06. The van der Waals surface area contributed by atoms with E-state index < -0.39 is 5.97 Å². The number of benzene rings is 2. The van der Waals surface area contributed by atoms with Gasteiger partial charge in [0, 0.05) is 4.47 Å². The van der Waals surface area contributed by atoms with E-state index in [4.69, 9.17) is 5.11 Å². The molecule has 0 aliphatic carbocycles. The SMILES string of the molecule is O=C(O)c1ccccc1-c1cccc(Br)c1. The second kappa shape index (κ2) is 4.49. The number of carbonyl (C=O) groups is 1. The molecule has 0 spiro atoms. The van der Waals surface area contributed by atoms with Crippen molar-refractivity contribution in [2.24, 2.45) is 0 Å². The Morgan fingerprint density at radius 2 is 1.81 bits per heavy atom. The molecule has 0 aliphatic rings. The fraction of sp³-hybridized carbons (Fsp3) is 0. The standard InChI is InChI=1S/C13H9BrO2/c14-10-5-3-4-9(8-10)11-6-1-2-7-12(11)13(15)16/h1-8H,(H,15,16). The highest BCUT2D eigenvalue weighted by atomic mass is 79.9. The third-order valence-electron chi connectivity index (χ3n) is 2.29. The summed E-state index contributed by atoms with van der Waals surface area (Å²) in [4.78, 5) is 11.1. The van der Waals surface area contributed by atoms with Crippen molar-refractivity contribution in [1.29, 1.82) is 0 Å². The van der Waals surface area contributed by atoms with Gasteiger partial charge < -0.3 is 5.11 Å². The van der Waals surface area contributed by atoms with Gasteiger partial charge in [-0.05, 0) is 29.3 Å². The molecule has 0 atom stereocenters. The molecule has 2 aromatic rings. The first-order chi connectivity index (χ1) is 7.68. The molecular formula is C13H9BrO2. The number of halogens is 1. The van der Waals surface area contributed by atoms with E-state index in [-0.39, 0.29) is 0 Å². The summed E-state index contributed by atoms with van der Waals surface area (Å²) < 4.78 is 0.935. The average molecular weight is 277 g/mol. The predicted molar refractivity (Wildman–Crippen MR) is 66.5 cm³/mol. The molecule has 2 aromatic carbocycles. The Labute approximate surface area is 102 Å². The lowest BCUT2D eigenvalue weighted by atomic mass is 10.00. The summed E-state index contributed by atoms with van der Waals surface area (Å²) in [6, 6.07) is 14.6. The summed E-state index contributed by atoms with van der Waals surface area (Å²) in [5.41, 5.74) is 1.95. The molecule has 0 saturated carbocycles. The van der Waals surface area contributed by atoms with E-state index in [1.165, 1.54) is 0 Å². The van der Waals surface area contributed by atoms with E-state index in [1.54, 1.807) is 12.1 Å². The van der Waals surface area contributed by atoms with Crippen LogP contribution in [0.2, 0.25) is 0 Å². The number of rotatable bonds is 2. The van der Waals surface area contributed by atoms with Crippen LogP contribution >= 0.6 is 15.9 Å². The van der Waals surface area contributed by atoms with Crippen LogP contribution in [0.5, 0.6) is 0 Å². The molecule has 0 aromatic heterocycles. The van der Waals surface area contributed by atoms with Crippen molar-refractivity contribution in [2.45, 2.75) is 0 Å². The third kappa shape index (κ3) is 2.14. The average Bonchev–Trinajstić information content (AvgIpc) is 2.29. The van der Waals surface area contributed by atoms with Crippen molar-refractivity contribution < 1.29 is 9.90 Å². The molecular weight excluding hydrogens is 268 g/mol. The van der Waals surface area contributed by atoms with Gasteiger partial charge in [-0.3, -0.25) is 0 Å². The number of hydrogen-bond donors (Lipinski definition) is 1. The molecule has 0 amide bonds. The molecule has 2 rings (SSSR count). The van der Waals surface area contributed by atoms with E-state index in [0.29, 0.717) is 5.56 Å². The zero-order valence-electron chi connectivity index (χ0n) is 8.35. The molecule has 0 saturated heterocycles. The summed E-state index contributed by atoms with van der Waals surface area (Å²) in [7, 11) is 0. The van der Waals surface area contributed by atoms with Gasteiger partial charge in [-0.1, -0.05) is 46.3 Å². The van der Waals surface area contributed by atoms with Crippen molar-refractivity contribution in [1.82, 2.24) is 0 Å². The number of carboxylic acid groups (broad SMARTS) is 1. The molecule has 0 unspecified atom stereocenters. The largest absolute Gasteiger partial charge is 0.478 e. The van der Waals surface area contributed by atoms with Crippen LogP contribution in [0, 0.1) is 0 Å². The Morgan fingerprint density at radius 1 is 1.06 bits per heavy atom. The van der Waals surface area contributed by atoms with E-state index in [0.717, 1.165) is 15.6 Å². The minimum absolute atomic E-state index is 0.320. The Kier molecular flexibility index (Phi) is 3.06. The Bertz CT molecular complexity index is 535. The van der Waals surface area contributed by atoms with E-state index in [9.17, 15) is 4.79 Å². The zero-order valence-corrected chi connectivity index (χ0v) is 9.94. The van der Waals surface area contributed by atoms with Crippen molar-refractivity contribution in [3.05, 3.63) is 58.6 Å². The highest BCUT2D eigenvalue weighted by molar-refractivity contribution is 9.10. The van der Waals surface area contributed by atoms with Crippen molar-refractivity contribution in [2.75, 3.05) is 0 Å². The summed E-state index contributed by atoms with van der Waals surface area (Å²) >= 11 is 3.37. The number of hydrogen-bond acceptors (Lipinski definition) is 1. The van der Waals surface area contributed by atoms with Gasteiger partial charge in [0.1, 0.15) is 0 Å². The van der Waals surface area contributed by atoms with Gasteiger partial charge in [0.25, 0.3) is 0 Å². The maximum absolute atomic E-state index is 11.1. The maximum atomic E-state index is 11.1. The number of aromatic carboxylic acids is 1. The molecule has 16 heavy (non-hydrogen) atoms. The van der Waals surface area contributed by atoms with Gasteiger partial charge in [-0.15, -0.1) is 0 Å². The first kappa shape index (κ1) is 10.9. The van der Waals surface area contributed by atoms with Crippen LogP contribution in [0.3, 0.4) is 0 Å². The molecule has 0 heterocycles. The van der Waals surface area contributed by atoms with Crippen LogP contribution in [0.15, 0.2) is 53.0 Å². The smallest absolute Gasteiger partial charge is 0.336 e. The molecule has 0 bridgehead atoms. The van der Waals surface area contributed by atoms with Crippen LogP contribution in [0.4, 0.5) is 0 Å². The van der Waals surface area contributed by atoms with Gasteiger partial charge >= 0.3 is 5.97 Å². The molecule has 0 radical (unpaired) electrons. The van der Waals surface area contributed by atoms with Crippen molar-refractivity contribution >= 4 is 21.9 Å². The van der Waals surface area contributed by atoms with Crippen molar-refractivity contribution in [3.8, 4) is 11.1 Å². The first-order valence-electron chi connectivity index (χ1n) is 4.77. The minimum Gasteiger partial charge on any atom is -0.478 e. The normalized spacial score (nSPS) is 10.1. The van der Waals surface area contributed by atoms with E-state index in [2.05, 4.69) is 15.9 Å². The van der Waals surface area contributed by atoms with Gasteiger partial charge in [0.15, 0.2) is 0 Å². The van der Waals surface area contributed by atoms with Crippen LogP contribution in [-0.4, -0.2) is 11.1 Å². The number of carboxylic acids is 1. The van der Waals surface area contributed by atoms with Crippen molar-refractivity contribution in [3.63, 3.8) is 0 Å². The second-order valence-corrected chi connectivity index (χ2v) is 4.28. The second-order valence-electron chi connectivity index (χ2n) is 3.36. The third-order valence-corrected chi connectivity index (χ3v) is 2.79. The summed E-state index contributed by atoms with van der Waals surface area (Å²) in [5.74, 6) is -0.907. The molecule has 2 nitrogen and oxygen atoms in total. The Balaban J connectivity index is 2.60. The summed E-state index contributed by atoms with van der Waals surface area (Å²) in [6.45, 7) is 0. The maximum Gasteiger partial charge on any atom is 0.336 e. The fourth-order valence-corrected chi connectivity index (χ4v) is 1.98. The van der Waals surface area contributed by atoms with Gasteiger partial charge in [0.2, 0.25) is 0 Å². The minimum atomic E-state index is -0.907. The lowest BCUT2D eigenvalue weighted by molar-refractivity contribution is 0.0698. The molecule has 3 heteroatoms. The highest BCUT2D eigenvalue weighted by Crippen LogP contribution is 2.26. The van der Waals surface area contributed by atoms with Gasteiger partial charge in [0.05, 0.1) is 5.56 Å². The van der Waals surface area contributed by atoms with Crippen LogP contribution < -0.4 is 0 Å². The fourth-order valence-electron chi connectivity index (χ4n) is 1.58. The van der Waals surface area contributed by atoms with Gasteiger partial charge in [-0.25, -0.2) is 4.79 Å². The Hall–Kier alpha value is -1.61. The molecule has 80 valence electrons. The molecule has 0 fully saturated rings. The van der Waals surface area contributed by atoms with Crippen LogP contribution in [0.25, 0.3) is 11.1 Å². The summed E-state index contributed by atoms with van der Waals surface area (Å²) in [6.07, 6.45) is 0. The molecule has 0 aliphatic heterocycles. The van der Waals surface area contributed by atoms with Crippen LogP contribution in [-0.2, 0) is 0 Å². The van der Waals surface area contributed by atoms with E-state index >= 15 is 0 Å². The first-order valence-corrected chi connectivity index (χ1v) is 5.56. The van der Waals surface area contributed by atoms with Crippen LogP contribution in [0.1, 0.15) is 10.4 Å². The van der Waals surface area contributed by atoms with E-state index in [1.807, 2.05) is 36.4 Å². The zero-order chi connectivity index (χ0) is 11.5. The summed E-state index contributed by atoms with van der Waals surface area (Å²) in [5, 5.41) is 9.08. The van der Waals surface area contributed by atoms with Gasteiger partial charge in [-0.2, -0.15) is 0 Å². The molecule has 1 N–H and O–H groups in total. The Morgan fingerprint density at radius 3 is 2.50 bits per heavy atom.